The third-order valence-corrected chi connectivity index (χ3v) is 1.91. The number of hydrogen-bond acceptors (Lipinski definition) is 3. The summed E-state index contributed by atoms with van der Waals surface area (Å²) in [6.07, 6.45) is 0.892. The second kappa shape index (κ2) is 4.08. The topological polar surface area (TPSA) is 84.7 Å². The van der Waals surface area contributed by atoms with Crippen molar-refractivity contribution in [3.63, 3.8) is 0 Å². The highest BCUT2D eigenvalue weighted by Gasteiger charge is 2.27. The van der Waals surface area contributed by atoms with E-state index >= 15 is 0 Å². The number of carbonyl (C=O) groups excluding carboxylic acids is 2. The fraction of sp³-hybridized carbons (Fsp3) is 0.714. The van der Waals surface area contributed by atoms with E-state index in [1.165, 1.54) is 0 Å². The zero-order valence-electron chi connectivity index (χ0n) is 7.45. The Morgan fingerprint density at radius 2 is 2.46 bits per heavy atom. The van der Waals surface area contributed by atoms with Crippen molar-refractivity contribution in [2.75, 3.05) is 13.6 Å². The summed E-state index contributed by atoms with van der Waals surface area (Å²) in [7, 11) is 1.70. The van der Waals surface area contributed by atoms with E-state index in [0.29, 0.717) is 6.42 Å². The fourth-order valence-electron chi connectivity index (χ4n) is 1.23. The number of likely N-dealkylation sites (tertiary alicyclic amines) is 1. The van der Waals surface area contributed by atoms with Crippen LogP contribution in [0.3, 0.4) is 0 Å². The molecule has 0 aromatic carbocycles. The van der Waals surface area contributed by atoms with Gasteiger partial charge in [0.25, 0.3) is 5.91 Å². The first-order chi connectivity index (χ1) is 6.11. The van der Waals surface area contributed by atoms with Gasteiger partial charge in [0.05, 0.1) is 0 Å². The van der Waals surface area contributed by atoms with Crippen LogP contribution < -0.4 is 11.2 Å². The third kappa shape index (κ3) is 2.59. The van der Waals surface area contributed by atoms with Crippen molar-refractivity contribution < 1.29 is 14.4 Å². The maximum atomic E-state index is 11.3. The lowest BCUT2D eigenvalue weighted by Gasteiger charge is -2.28. The summed E-state index contributed by atoms with van der Waals surface area (Å²) in [6, 6.07) is -0.791. The molecule has 1 aliphatic heterocycles. The summed E-state index contributed by atoms with van der Waals surface area (Å²) in [5.41, 5.74) is 6.75. The number of urea groups is 1. The number of rotatable bonds is 2. The molecule has 1 unspecified atom stereocenters. The Labute approximate surface area is 76.0 Å². The molecule has 6 heteroatoms. The van der Waals surface area contributed by atoms with Crippen LogP contribution in [-0.2, 0) is 9.63 Å². The van der Waals surface area contributed by atoms with Gasteiger partial charge in [-0.15, -0.1) is 0 Å². The maximum absolute atomic E-state index is 11.3. The number of likely N-dealkylation sites (N-methyl/N-ethyl adjacent to an activating group) is 1. The Hall–Kier alpha value is -1.30. The van der Waals surface area contributed by atoms with Gasteiger partial charge in [-0.3, -0.25) is 9.63 Å². The number of nitrogens with one attached hydrogen (secondary N) is 1. The van der Waals surface area contributed by atoms with Gasteiger partial charge in [0.2, 0.25) is 0 Å². The van der Waals surface area contributed by atoms with E-state index in [0.717, 1.165) is 13.0 Å². The van der Waals surface area contributed by atoms with Crippen LogP contribution in [0.4, 0.5) is 4.79 Å². The minimum absolute atomic E-state index is 0.125. The fourth-order valence-corrected chi connectivity index (χ4v) is 1.23. The number of hydroxylamine groups is 1. The van der Waals surface area contributed by atoms with E-state index in [1.807, 2.05) is 5.48 Å². The van der Waals surface area contributed by atoms with E-state index in [-0.39, 0.29) is 5.91 Å². The first-order valence-electron chi connectivity index (χ1n) is 4.07. The highest BCUT2D eigenvalue weighted by molar-refractivity contribution is 5.81. The summed E-state index contributed by atoms with van der Waals surface area (Å²) in [5.74, 6) is -0.125. The molecule has 6 nitrogen and oxygen atoms in total. The van der Waals surface area contributed by atoms with Crippen LogP contribution in [0.2, 0.25) is 0 Å². The van der Waals surface area contributed by atoms with Crippen LogP contribution in [0.15, 0.2) is 0 Å². The molecule has 0 aromatic heterocycles. The number of nitrogens with zero attached hydrogens (tertiary/aromatic N) is 1. The second-order valence-corrected chi connectivity index (χ2v) is 2.97. The van der Waals surface area contributed by atoms with Gasteiger partial charge in [0.15, 0.2) is 6.10 Å². The molecule has 1 fully saturated rings. The van der Waals surface area contributed by atoms with Crippen LogP contribution in [0.1, 0.15) is 12.8 Å². The average molecular weight is 187 g/mol. The van der Waals surface area contributed by atoms with Gasteiger partial charge in [-0.25, -0.2) is 10.3 Å². The number of primary amides is 1. The average Bonchev–Trinajstić information content (AvgIpc) is 2.07. The quantitative estimate of drug-likeness (QED) is 0.555. The van der Waals surface area contributed by atoms with Crippen molar-refractivity contribution in [2.24, 2.45) is 5.73 Å². The Bertz CT molecular complexity index is 219. The SMILES string of the molecule is CN1CCCC(ONC(N)=O)C1=O. The monoisotopic (exact) mass is 187 g/mol. The highest BCUT2D eigenvalue weighted by Crippen LogP contribution is 2.11. The van der Waals surface area contributed by atoms with Gasteiger partial charge in [-0.2, -0.15) is 0 Å². The Kier molecular flexibility index (Phi) is 3.07. The van der Waals surface area contributed by atoms with Gasteiger partial charge < -0.3 is 10.6 Å². The zero-order valence-corrected chi connectivity index (χ0v) is 7.45. The molecule has 1 heterocycles. The van der Waals surface area contributed by atoms with Gasteiger partial charge in [0.1, 0.15) is 0 Å². The predicted octanol–water partition coefficient (Wildman–Crippen LogP) is -0.793. The van der Waals surface area contributed by atoms with Gasteiger partial charge >= 0.3 is 6.03 Å². The zero-order chi connectivity index (χ0) is 9.84. The first kappa shape index (κ1) is 9.79. The van der Waals surface area contributed by atoms with Gasteiger partial charge in [0, 0.05) is 13.6 Å². The number of nitrogens with two attached hydrogens (primary N) is 1. The number of hydrogen-bond donors (Lipinski definition) is 2. The van der Waals surface area contributed by atoms with Gasteiger partial charge in [-0.1, -0.05) is 0 Å². The normalized spacial score (nSPS) is 23.0. The summed E-state index contributed by atoms with van der Waals surface area (Å²) < 4.78 is 0. The van der Waals surface area contributed by atoms with Crippen LogP contribution in [0, 0.1) is 0 Å². The number of amides is 3. The number of piperidine rings is 1. The van der Waals surface area contributed by atoms with E-state index in [2.05, 4.69) is 0 Å². The molecule has 0 aliphatic carbocycles. The molecular formula is C7H13N3O3. The Balaban J connectivity index is 2.40. The molecule has 1 saturated heterocycles. The molecule has 74 valence electrons. The lowest BCUT2D eigenvalue weighted by molar-refractivity contribution is -0.150. The molecule has 0 radical (unpaired) electrons. The molecular weight excluding hydrogens is 174 g/mol. The molecule has 0 bridgehead atoms. The van der Waals surface area contributed by atoms with Crippen LogP contribution in [0.25, 0.3) is 0 Å². The van der Waals surface area contributed by atoms with Crippen molar-refractivity contribution in [3.05, 3.63) is 0 Å². The Morgan fingerprint density at radius 1 is 1.77 bits per heavy atom. The van der Waals surface area contributed by atoms with E-state index in [1.54, 1.807) is 11.9 Å². The predicted molar refractivity (Wildman–Crippen MR) is 44.5 cm³/mol. The molecule has 1 rings (SSSR count). The van der Waals surface area contributed by atoms with Crippen LogP contribution in [-0.4, -0.2) is 36.5 Å². The van der Waals surface area contributed by atoms with Crippen molar-refractivity contribution in [1.82, 2.24) is 10.4 Å². The van der Waals surface area contributed by atoms with E-state index < -0.39 is 12.1 Å². The maximum Gasteiger partial charge on any atom is 0.336 e. The molecule has 0 saturated carbocycles. The van der Waals surface area contributed by atoms with Crippen LogP contribution in [0.5, 0.6) is 0 Å². The van der Waals surface area contributed by atoms with Gasteiger partial charge in [-0.05, 0) is 12.8 Å². The summed E-state index contributed by atoms with van der Waals surface area (Å²) in [5, 5.41) is 0. The van der Waals surface area contributed by atoms with E-state index in [4.69, 9.17) is 10.6 Å². The third-order valence-electron chi connectivity index (χ3n) is 1.91. The molecule has 3 N–H and O–H groups in total. The van der Waals surface area contributed by atoms with Crippen molar-refractivity contribution in [1.29, 1.82) is 0 Å². The van der Waals surface area contributed by atoms with Crippen molar-refractivity contribution in [3.8, 4) is 0 Å². The summed E-state index contributed by atoms with van der Waals surface area (Å²) in [6.45, 7) is 0.731. The molecule has 3 amide bonds. The number of carbonyl (C=O) groups is 2. The van der Waals surface area contributed by atoms with E-state index in [9.17, 15) is 9.59 Å². The summed E-state index contributed by atoms with van der Waals surface area (Å²) in [4.78, 5) is 28.0. The first-order valence-corrected chi connectivity index (χ1v) is 4.07. The molecule has 1 atom stereocenters. The standard InChI is InChI=1S/C7H13N3O3/c1-10-4-2-3-5(6(10)11)13-9-7(8)12/h5H,2-4H2,1H3,(H3,8,9,12). The lowest BCUT2D eigenvalue weighted by atomic mass is 10.1. The molecule has 1 aliphatic rings. The Morgan fingerprint density at radius 3 is 3.08 bits per heavy atom. The second-order valence-electron chi connectivity index (χ2n) is 2.97. The minimum Gasteiger partial charge on any atom is -0.350 e. The lowest BCUT2D eigenvalue weighted by Crippen LogP contribution is -2.46. The molecule has 0 aromatic rings. The summed E-state index contributed by atoms with van der Waals surface area (Å²) >= 11 is 0. The highest BCUT2D eigenvalue weighted by atomic mass is 16.7. The van der Waals surface area contributed by atoms with Crippen molar-refractivity contribution in [2.45, 2.75) is 18.9 Å². The molecule has 13 heavy (non-hydrogen) atoms. The van der Waals surface area contributed by atoms with Crippen molar-refractivity contribution >= 4 is 11.9 Å². The largest absolute Gasteiger partial charge is 0.350 e. The molecule has 0 spiro atoms. The van der Waals surface area contributed by atoms with Crippen LogP contribution >= 0.6 is 0 Å². The minimum atomic E-state index is -0.791. The smallest absolute Gasteiger partial charge is 0.336 e.